The molecular formula is C12H18F3N5. The first kappa shape index (κ1) is 14.8. The number of halogens is 3. The van der Waals surface area contributed by atoms with Crippen LogP contribution in [0.4, 0.5) is 24.8 Å². The van der Waals surface area contributed by atoms with Crippen LogP contribution in [-0.4, -0.2) is 23.1 Å². The van der Waals surface area contributed by atoms with Crippen molar-refractivity contribution in [2.45, 2.75) is 44.3 Å². The van der Waals surface area contributed by atoms with Gasteiger partial charge in [-0.2, -0.15) is 13.2 Å². The van der Waals surface area contributed by atoms with Crippen LogP contribution < -0.4 is 16.2 Å². The number of nitrogens with zero attached hydrogens (tertiary/aromatic N) is 3. The minimum Gasteiger partial charge on any atom is -0.357 e. The second kappa shape index (κ2) is 5.82. The number of hydrogen-bond donors (Lipinski definition) is 2. The predicted molar refractivity (Wildman–Crippen MR) is 70.1 cm³/mol. The molecule has 0 bridgehead atoms. The summed E-state index contributed by atoms with van der Waals surface area (Å²) in [5.74, 6) is 4.21. The lowest BCUT2D eigenvalue weighted by atomic mass is 9.94. The Hall–Kier alpha value is -1.57. The standard InChI is InChI=1S/C12H18F3N5/c1-20(8-5-3-2-4-6-8)10-7-9(19-16)17-11(18-10)12(13,14)15/h7-8H,2-6,16H2,1H3,(H,17,18,19). The second-order valence-corrected chi connectivity index (χ2v) is 4.98. The summed E-state index contributed by atoms with van der Waals surface area (Å²) in [6.07, 6.45) is 0.704. The normalized spacial score (nSPS) is 17.1. The average Bonchev–Trinajstić information content (AvgIpc) is 2.46. The highest BCUT2D eigenvalue weighted by Crippen LogP contribution is 2.31. The van der Waals surface area contributed by atoms with Crippen molar-refractivity contribution in [2.24, 2.45) is 5.84 Å². The number of nitrogens with two attached hydrogens (primary N) is 1. The van der Waals surface area contributed by atoms with E-state index >= 15 is 0 Å². The maximum atomic E-state index is 12.8. The molecule has 3 N–H and O–H groups in total. The fourth-order valence-electron chi connectivity index (χ4n) is 2.47. The highest BCUT2D eigenvalue weighted by Gasteiger charge is 2.36. The van der Waals surface area contributed by atoms with Crippen molar-refractivity contribution in [1.29, 1.82) is 0 Å². The SMILES string of the molecule is CN(c1cc(NN)nc(C(F)(F)F)n1)C1CCCCC1. The molecule has 1 aliphatic carbocycles. The molecule has 0 aromatic carbocycles. The Morgan fingerprint density at radius 2 is 1.90 bits per heavy atom. The van der Waals surface area contributed by atoms with Gasteiger partial charge in [0.15, 0.2) is 0 Å². The maximum absolute atomic E-state index is 12.8. The molecule has 0 amide bonds. The molecule has 8 heteroatoms. The van der Waals surface area contributed by atoms with Crippen LogP contribution in [0.3, 0.4) is 0 Å². The summed E-state index contributed by atoms with van der Waals surface area (Å²) in [6.45, 7) is 0. The van der Waals surface area contributed by atoms with Gasteiger partial charge in [-0.15, -0.1) is 0 Å². The van der Waals surface area contributed by atoms with E-state index in [1.165, 1.54) is 12.5 Å². The van der Waals surface area contributed by atoms with E-state index in [0.29, 0.717) is 0 Å². The number of anilines is 2. The summed E-state index contributed by atoms with van der Waals surface area (Å²) >= 11 is 0. The van der Waals surface area contributed by atoms with Gasteiger partial charge in [0.25, 0.3) is 0 Å². The molecule has 1 fully saturated rings. The third-order valence-corrected chi connectivity index (χ3v) is 3.60. The van der Waals surface area contributed by atoms with E-state index < -0.39 is 12.0 Å². The molecule has 2 rings (SSSR count). The number of nitrogens with one attached hydrogen (secondary N) is 1. The van der Waals surface area contributed by atoms with Crippen LogP contribution >= 0.6 is 0 Å². The first-order chi connectivity index (χ1) is 9.41. The van der Waals surface area contributed by atoms with E-state index in [-0.39, 0.29) is 17.7 Å². The zero-order chi connectivity index (χ0) is 14.8. The molecule has 5 nitrogen and oxygen atoms in total. The number of hydrogen-bond acceptors (Lipinski definition) is 5. The molecule has 112 valence electrons. The molecule has 0 aliphatic heterocycles. The largest absolute Gasteiger partial charge is 0.451 e. The van der Waals surface area contributed by atoms with Gasteiger partial charge in [-0.1, -0.05) is 19.3 Å². The van der Waals surface area contributed by atoms with Gasteiger partial charge in [0.05, 0.1) is 0 Å². The number of alkyl halides is 3. The summed E-state index contributed by atoms with van der Waals surface area (Å²) < 4.78 is 38.3. The Morgan fingerprint density at radius 3 is 2.45 bits per heavy atom. The Morgan fingerprint density at radius 1 is 1.25 bits per heavy atom. The molecule has 1 aromatic rings. The number of nitrogen functional groups attached to an aromatic ring is 1. The van der Waals surface area contributed by atoms with Gasteiger partial charge >= 0.3 is 6.18 Å². The van der Waals surface area contributed by atoms with E-state index in [1.54, 1.807) is 11.9 Å². The maximum Gasteiger partial charge on any atom is 0.451 e. The van der Waals surface area contributed by atoms with Gasteiger partial charge in [-0.25, -0.2) is 15.8 Å². The Kier molecular flexibility index (Phi) is 4.32. The quantitative estimate of drug-likeness (QED) is 0.661. The van der Waals surface area contributed by atoms with E-state index in [0.717, 1.165) is 25.7 Å². The Balaban J connectivity index is 2.29. The van der Waals surface area contributed by atoms with Crippen molar-refractivity contribution in [3.05, 3.63) is 11.9 Å². The third-order valence-electron chi connectivity index (χ3n) is 3.60. The van der Waals surface area contributed by atoms with Gasteiger partial charge < -0.3 is 10.3 Å². The number of aromatic nitrogens is 2. The van der Waals surface area contributed by atoms with Gasteiger partial charge in [-0.3, -0.25) is 0 Å². The number of hydrazine groups is 1. The lowest BCUT2D eigenvalue weighted by Crippen LogP contribution is -2.34. The minimum atomic E-state index is -4.59. The van der Waals surface area contributed by atoms with Crippen molar-refractivity contribution >= 4 is 11.6 Å². The number of rotatable bonds is 3. The lowest BCUT2D eigenvalue weighted by Gasteiger charge is -2.32. The summed E-state index contributed by atoms with van der Waals surface area (Å²) in [5.41, 5.74) is 2.16. The molecule has 1 aliphatic rings. The minimum absolute atomic E-state index is 0.0371. The van der Waals surface area contributed by atoms with Crippen molar-refractivity contribution in [3.8, 4) is 0 Å². The monoisotopic (exact) mass is 289 g/mol. The van der Waals surface area contributed by atoms with Crippen molar-refractivity contribution in [1.82, 2.24) is 9.97 Å². The molecule has 0 saturated heterocycles. The molecule has 0 atom stereocenters. The zero-order valence-corrected chi connectivity index (χ0v) is 11.2. The smallest absolute Gasteiger partial charge is 0.357 e. The van der Waals surface area contributed by atoms with Crippen LogP contribution in [0.25, 0.3) is 0 Å². The van der Waals surface area contributed by atoms with E-state index in [2.05, 4.69) is 15.4 Å². The van der Waals surface area contributed by atoms with Crippen molar-refractivity contribution < 1.29 is 13.2 Å². The van der Waals surface area contributed by atoms with E-state index in [9.17, 15) is 13.2 Å². The van der Waals surface area contributed by atoms with Crippen LogP contribution in [-0.2, 0) is 6.18 Å². The molecule has 20 heavy (non-hydrogen) atoms. The fraction of sp³-hybridized carbons (Fsp3) is 0.667. The Bertz CT molecular complexity index is 457. The fourth-order valence-corrected chi connectivity index (χ4v) is 2.47. The van der Waals surface area contributed by atoms with Gasteiger partial charge in [0.2, 0.25) is 5.82 Å². The van der Waals surface area contributed by atoms with Crippen LogP contribution in [0.15, 0.2) is 6.07 Å². The zero-order valence-electron chi connectivity index (χ0n) is 11.2. The summed E-state index contributed by atoms with van der Waals surface area (Å²) in [5, 5.41) is 0. The van der Waals surface area contributed by atoms with Crippen LogP contribution in [0.1, 0.15) is 37.9 Å². The predicted octanol–water partition coefficient (Wildman–Crippen LogP) is 2.55. The molecule has 0 radical (unpaired) electrons. The van der Waals surface area contributed by atoms with E-state index in [4.69, 9.17) is 5.84 Å². The summed E-state index contributed by atoms with van der Waals surface area (Å²) in [6, 6.07) is 1.65. The van der Waals surface area contributed by atoms with Crippen LogP contribution in [0.2, 0.25) is 0 Å². The summed E-state index contributed by atoms with van der Waals surface area (Å²) in [4.78, 5) is 8.76. The highest BCUT2D eigenvalue weighted by molar-refractivity contribution is 5.49. The first-order valence-electron chi connectivity index (χ1n) is 6.57. The third kappa shape index (κ3) is 3.30. The first-order valence-corrected chi connectivity index (χ1v) is 6.57. The van der Waals surface area contributed by atoms with Crippen molar-refractivity contribution in [2.75, 3.05) is 17.4 Å². The molecule has 1 heterocycles. The van der Waals surface area contributed by atoms with Crippen LogP contribution in [0, 0.1) is 0 Å². The Labute approximate surface area is 115 Å². The molecule has 0 spiro atoms. The molecule has 1 aromatic heterocycles. The lowest BCUT2D eigenvalue weighted by molar-refractivity contribution is -0.144. The topological polar surface area (TPSA) is 67.1 Å². The average molecular weight is 289 g/mol. The highest BCUT2D eigenvalue weighted by atomic mass is 19.4. The van der Waals surface area contributed by atoms with Crippen molar-refractivity contribution in [3.63, 3.8) is 0 Å². The van der Waals surface area contributed by atoms with E-state index in [1.807, 2.05) is 0 Å². The van der Waals surface area contributed by atoms with Gasteiger partial charge in [0, 0.05) is 19.2 Å². The molecular weight excluding hydrogens is 271 g/mol. The van der Waals surface area contributed by atoms with Gasteiger partial charge in [-0.05, 0) is 12.8 Å². The summed E-state index contributed by atoms with van der Waals surface area (Å²) in [7, 11) is 1.76. The molecule has 1 saturated carbocycles. The van der Waals surface area contributed by atoms with Gasteiger partial charge in [0.1, 0.15) is 11.6 Å². The molecule has 0 unspecified atom stereocenters. The second-order valence-electron chi connectivity index (χ2n) is 4.98. The van der Waals surface area contributed by atoms with Crippen LogP contribution in [0.5, 0.6) is 0 Å².